The number of nitrogens with zero attached hydrogens (tertiary/aromatic N) is 1. The van der Waals surface area contributed by atoms with Gasteiger partial charge in [0, 0.05) is 40.7 Å². The molecule has 0 unspecified atom stereocenters. The lowest BCUT2D eigenvalue weighted by Gasteiger charge is -2.16. The minimum atomic E-state index is -0.600. The highest BCUT2D eigenvalue weighted by molar-refractivity contribution is 9.11. The number of halogens is 2. The minimum Gasteiger partial charge on any atom is -0.449 e. The SMILES string of the molecule is CC1(C)Oc2ccc(NCc3ncc(Br)cc3Br)cc2O1. The van der Waals surface area contributed by atoms with Gasteiger partial charge in [-0.05, 0) is 50.1 Å². The molecule has 2 aromatic rings. The number of anilines is 1. The van der Waals surface area contributed by atoms with Crippen LogP contribution in [0.15, 0.2) is 39.4 Å². The molecule has 1 aromatic heterocycles. The van der Waals surface area contributed by atoms with Gasteiger partial charge in [-0.2, -0.15) is 0 Å². The quantitative estimate of drug-likeness (QED) is 0.790. The Hall–Kier alpha value is -1.27. The summed E-state index contributed by atoms with van der Waals surface area (Å²) >= 11 is 6.90. The van der Waals surface area contributed by atoms with Gasteiger partial charge in [0.05, 0.1) is 12.2 Å². The van der Waals surface area contributed by atoms with E-state index in [0.29, 0.717) is 6.54 Å². The molecule has 0 spiro atoms. The molecule has 0 saturated carbocycles. The van der Waals surface area contributed by atoms with Crippen molar-refractivity contribution < 1.29 is 9.47 Å². The molecule has 6 heteroatoms. The first kappa shape index (κ1) is 14.7. The summed E-state index contributed by atoms with van der Waals surface area (Å²) in [5.74, 6) is 0.929. The number of aromatic nitrogens is 1. The van der Waals surface area contributed by atoms with Crippen LogP contribution in [0.1, 0.15) is 19.5 Å². The van der Waals surface area contributed by atoms with Crippen molar-refractivity contribution in [2.24, 2.45) is 0 Å². The molecule has 0 saturated heterocycles. The van der Waals surface area contributed by atoms with E-state index in [2.05, 4.69) is 42.2 Å². The highest BCUT2D eigenvalue weighted by Crippen LogP contribution is 2.40. The fourth-order valence-corrected chi connectivity index (χ4v) is 3.22. The standard InChI is InChI=1S/C15H14Br2N2O2/c1-15(2)20-13-4-3-10(6-14(13)21-15)18-8-12-11(17)5-9(16)7-19-12/h3-7,18H,8H2,1-2H3. The van der Waals surface area contributed by atoms with Crippen LogP contribution >= 0.6 is 31.9 Å². The van der Waals surface area contributed by atoms with Gasteiger partial charge in [0.25, 0.3) is 0 Å². The zero-order valence-electron chi connectivity index (χ0n) is 11.6. The summed E-state index contributed by atoms with van der Waals surface area (Å²) in [5.41, 5.74) is 1.91. The third-order valence-corrected chi connectivity index (χ3v) is 4.12. The summed E-state index contributed by atoms with van der Waals surface area (Å²) in [6, 6.07) is 7.80. The van der Waals surface area contributed by atoms with Crippen molar-refractivity contribution in [3.8, 4) is 11.5 Å². The topological polar surface area (TPSA) is 43.4 Å². The normalized spacial score (nSPS) is 15.0. The highest BCUT2D eigenvalue weighted by atomic mass is 79.9. The van der Waals surface area contributed by atoms with E-state index in [0.717, 1.165) is 31.8 Å². The highest BCUT2D eigenvalue weighted by Gasteiger charge is 2.31. The number of hydrogen-bond donors (Lipinski definition) is 1. The van der Waals surface area contributed by atoms with Crippen LogP contribution in [-0.2, 0) is 6.54 Å². The number of nitrogens with one attached hydrogen (secondary N) is 1. The van der Waals surface area contributed by atoms with E-state index in [4.69, 9.17) is 9.47 Å². The molecule has 21 heavy (non-hydrogen) atoms. The zero-order valence-corrected chi connectivity index (χ0v) is 14.8. The molecule has 1 aliphatic heterocycles. The molecular weight excluding hydrogens is 400 g/mol. The molecule has 0 amide bonds. The molecule has 4 nitrogen and oxygen atoms in total. The fraction of sp³-hybridized carbons (Fsp3) is 0.267. The monoisotopic (exact) mass is 412 g/mol. The van der Waals surface area contributed by atoms with Crippen molar-refractivity contribution in [1.82, 2.24) is 4.98 Å². The summed E-state index contributed by atoms with van der Waals surface area (Å²) < 4.78 is 13.3. The van der Waals surface area contributed by atoms with E-state index < -0.39 is 5.79 Å². The van der Waals surface area contributed by atoms with Crippen molar-refractivity contribution in [2.45, 2.75) is 26.2 Å². The van der Waals surface area contributed by atoms with Crippen LogP contribution in [0, 0.1) is 0 Å². The molecule has 3 rings (SSSR count). The van der Waals surface area contributed by atoms with Crippen molar-refractivity contribution in [3.05, 3.63) is 45.1 Å². The van der Waals surface area contributed by atoms with Crippen LogP contribution in [-0.4, -0.2) is 10.8 Å². The van der Waals surface area contributed by atoms with E-state index in [1.165, 1.54) is 0 Å². The Balaban J connectivity index is 1.72. The van der Waals surface area contributed by atoms with Gasteiger partial charge in [0.2, 0.25) is 5.79 Å². The first-order valence-corrected chi connectivity index (χ1v) is 8.07. The maximum absolute atomic E-state index is 5.73. The van der Waals surface area contributed by atoms with Crippen LogP contribution in [0.25, 0.3) is 0 Å². The van der Waals surface area contributed by atoms with Crippen molar-refractivity contribution >= 4 is 37.5 Å². The molecule has 2 heterocycles. The van der Waals surface area contributed by atoms with Gasteiger partial charge >= 0.3 is 0 Å². The number of fused-ring (bicyclic) bond motifs is 1. The molecule has 1 aliphatic rings. The Labute approximate surface area is 140 Å². The van der Waals surface area contributed by atoms with E-state index in [1.54, 1.807) is 6.20 Å². The number of ether oxygens (including phenoxy) is 2. The summed E-state index contributed by atoms with van der Waals surface area (Å²) in [6.07, 6.45) is 1.78. The van der Waals surface area contributed by atoms with Gasteiger partial charge in [0.15, 0.2) is 11.5 Å². The van der Waals surface area contributed by atoms with Gasteiger partial charge in [-0.25, -0.2) is 0 Å². The first-order chi connectivity index (χ1) is 9.93. The lowest BCUT2D eigenvalue weighted by Crippen LogP contribution is -2.29. The van der Waals surface area contributed by atoms with E-state index in [1.807, 2.05) is 38.1 Å². The summed E-state index contributed by atoms with van der Waals surface area (Å²) in [6.45, 7) is 4.41. The van der Waals surface area contributed by atoms with Gasteiger partial charge in [-0.3, -0.25) is 4.98 Å². The van der Waals surface area contributed by atoms with E-state index >= 15 is 0 Å². The molecule has 1 N–H and O–H groups in total. The Kier molecular flexibility index (Phi) is 3.84. The Morgan fingerprint density at radius 3 is 2.67 bits per heavy atom. The summed E-state index contributed by atoms with van der Waals surface area (Å²) in [7, 11) is 0. The Bertz CT molecular complexity index is 689. The second kappa shape index (κ2) is 5.50. The predicted molar refractivity (Wildman–Crippen MR) is 88.7 cm³/mol. The van der Waals surface area contributed by atoms with Crippen LogP contribution in [0.4, 0.5) is 5.69 Å². The van der Waals surface area contributed by atoms with Crippen LogP contribution in [0.2, 0.25) is 0 Å². The number of rotatable bonds is 3. The van der Waals surface area contributed by atoms with Gasteiger partial charge in [-0.15, -0.1) is 0 Å². The average Bonchev–Trinajstić information content (AvgIpc) is 2.70. The largest absolute Gasteiger partial charge is 0.449 e. The third kappa shape index (κ3) is 3.32. The molecule has 110 valence electrons. The van der Waals surface area contributed by atoms with E-state index in [-0.39, 0.29) is 0 Å². The van der Waals surface area contributed by atoms with Crippen molar-refractivity contribution in [3.63, 3.8) is 0 Å². The third-order valence-electron chi connectivity index (χ3n) is 3.00. The number of hydrogen-bond acceptors (Lipinski definition) is 4. The second-order valence-electron chi connectivity index (χ2n) is 5.20. The molecule has 1 aromatic carbocycles. The lowest BCUT2D eigenvalue weighted by molar-refractivity contribution is -0.0431. The summed E-state index contributed by atoms with van der Waals surface area (Å²) in [4.78, 5) is 4.38. The molecular formula is C15H14Br2N2O2. The number of pyridine rings is 1. The lowest BCUT2D eigenvalue weighted by atomic mass is 10.2. The van der Waals surface area contributed by atoms with Crippen LogP contribution in [0.5, 0.6) is 11.5 Å². The molecule has 0 atom stereocenters. The molecule has 0 fully saturated rings. The average molecular weight is 414 g/mol. The van der Waals surface area contributed by atoms with Crippen LogP contribution in [0.3, 0.4) is 0 Å². The molecule has 0 bridgehead atoms. The van der Waals surface area contributed by atoms with Gasteiger partial charge in [0.1, 0.15) is 0 Å². The fourth-order valence-electron chi connectivity index (χ4n) is 2.09. The zero-order chi connectivity index (χ0) is 15.0. The number of benzene rings is 1. The Morgan fingerprint density at radius 2 is 1.90 bits per heavy atom. The van der Waals surface area contributed by atoms with E-state index in [9.17, 15) is 0 Å². The smallest absolute Gasteiger partial charge is 0.246 e. The van der Waals surface area contributed by atoms with Crippen molar-refractivity contribution in [2.75, 3.05) is 5.32 Å². The summed E-state index contributed by atoms with van der Waals surface area (Å²) in [5, 5.41) is 3.33. The first-order valence-electron chi connectivity index (χ1n) is 6.49. The van der Waals surface area contributed by atoms with Crippen molar-refractivity contribution in [1.29, 1.82) is 0 Å². The molecule has 0 radical (unpaired) electrons. The molecule has 0 aliphatic carbocycles. The predicted octanol–water partition coefficient (Wildman–Crippen LogP) is 4.73. The maximum Gasteiger partial charge on any atom is 0.246 e. The van der Waals surface area contributed by atoms with Crippen LogP contribution < -0.4 is 14.8 Å². The second-order valence-corrected chi connectivity index (χ2v) is 6.97. The Morgan fingerprint density at radius 1 is 1.14 bits per heavy atom. The minimum absolute atomic E-state index is 0.600. The van der Waals surface area contributed by atoms with Gasteiger partial charge in [-0.1, -0.05) is 0 Å². The van der Waals surface area contributed by atoms with Gasteiger partial charge < -0.3 is 14.8 Å². The maximum atomic E-state index is 5.73.